The van der Waals surface area contributed by atoms with E-state index in [1.165, 1.54) is 24.3 Å². The van der Waals surface area contributed by atoms with Crippen molar-refractivity contribution in [3.8, 4) is 0 Å². The number of rotatable bonds is 5. The molecule has 112 valence electrons. The highest BCUT2D eigenvalue weighted by atomic mass is 32.2. The lowest BCUT2D eigenvalue weighted by molar-refractivity contribution is 0.342. The van der Waals surface area contributed by atoms with Gasteiger partial charge in [-0.1, -0.05) is 12.1 Å². The third-order valence-corrected chi connectivity index (χ3v) is 5.16. The van der Waals surface area contributed by atoms with Gasteiger partial charge in [0.1, 0.15) is 5.82 Å². The quantitative estimate of drug-likeness (QED) is 0.871. The summed E-state index contributed by atoms with van der Waals surface area (Å²) in [7, 11) is -1.43. The number of nitrogens with one attached hydrogen (secondary N) is 2. The van der Waals surface area contributed by atoms with Crippen LogP contribution in [-0.4, -0.2) is 27.5 Å². The lowest BCUT2D eigenvalue weighted by Crippen LogP contribution is -2.41. The van der Waals surface area contributed by atoms with Gasteiger partial charge in [0, 0.05) is 12.1 Å². The van der Waals surface area contributed by atoms with Crippen molar-refractivity contribution in [3.05, 3.63) is 35.6 Å². The first-order valence-electron chi connectivity index (χ1n) is 6.90. The van der Waals surface area contributed by atoms with E-state index in [2.05, 4.69) is 10.0 Å². The van der Waals surface area contributed by atoms with Crippen LogP contribution in [0.1, 0.15) is 31.2 Å². The summed E-state index contributed by atoms with van der Waals surface area (Å²) in [6.07, 6.45) is 3.68. The van der Waals surface area contributed by atoms with Gasteiger partial charge in [-0.25, -0.2) is 17.5 Å². The Hall–Kier alpha value is -0.980. The highest BCUT2D eigenvalue weighted by molar-refractivity contribution is 7.88. The summed E-state index contributed by atoms with van der Waals surface area (Å²) in [5, 5.41) is 3.22. The SMILES string of the molecule is CNC1CCC(NS(=O)(=O)Cc2ccc(F)cc2)CC1. The van der Waals surface area contributed by atoms with Gasteiger partial charge in [0.15, 0.2) is 0 Å². The van der Waals surface area contributed by atoms with Crippen LogP contribution in [0.5, 0.6) is 0 Å². The van der Waals surface area contributed by atoms with E-state index in [4.69, 9.17) is 0 Å². The number of benzene rings is 1. The van der Waals surface area contributed by atoms with Crippen LogP contribution in [0.25, 0.3) is 0 Å². The molecular formula is C14H21FN2O2S. The summed E-state index contributed by atoms with van der Waals surface area (Å²) >= 11 is 0. The summed E-state index contributed by atoms with van der Waals surface area (Å²) < 4.78 is 39.7. The molecule has 6 heteroatoms. The van der Waals surface area contributed by atoms with Crippen LogP contribution < -0.4 is 10.0 Å². The molecule has 0 saturated heterocycles. The first kappa shape index (κ1) is 15.4. The maximum absolute atomic E-state index is 12.8. The predicted molar refractivity (Wildman–Crippen MR) is 77.3 cm³/mol. The van der Waals surface area contributed by atoms with Crippen molar-refractivity contribution in [2.24, 2.45) is 0 Å². The minimum atomic E-state index is -3.36. The van der Waals surface area contributed by atoms with Gasteiger partial charge in [-0.3, -0.25) is 0 Å². The second-order valence-electron chi connectivity index (χ2n) is 5.34. The monoisotopic (exact) mass is 300 g/mol. The van der Waals surface area contributed by atoms with Crippen LogP contribution in [0.4, 0.5) is 4.39 Å². The maximum Gasteiger partial charge on any atom is 0.216 e. The number of halogens is 1. The molecule has 0 aromatic heterocycles. The summed E-state index contributed by atoms with van der Waals surface area (Å²) in [6, 6.07) is 6.09. The second-order valence-corrected chi connectivity index (χ2v) is 7.09. The molecule has 0 heterocycles. The van der Waals surface area contributed by atoms with E-state index in [0.717, 1.165) is 25.7 Å². The molecule has 1 aromatic rings. The standard InChI is InChI=1S/C14H21FN2O2S/c1-16-13-6-8-14(9-7-13)17-20(18,19)10-11-2-4-12(15)5-3-11/h2-5,13-14,16-17H,6-10H2,1H3. The molecule has 1 aromatic carbocycles. The van der Waals surface area contributed by atoms with Crippen molar-refractivity contribution in [3.63, 3.8) is 0 Å². The van der Waals surface area contributed by atoms with E-state index in [9.17, 15) is 12.8 Å². The van der Waals surface area contributed by atoms with E-state index < -0.39 is 10.0 Å². The molecule has 1 aliphatic rings. The van der Waals surface area contributed by atoms with Crippen molar-refractivity contribution in [2.45, 2.75) is 43.5 Å². The van der Waals surface area contributed by atoms with Gasteiger partial charge in [0.2, 0.25) is 10.0 Å². The molecular weight excluding hydrogens is 279 g/mol. The molecule has 1 saturated carbocycles. The molecule has 0 unspecified atom stereocenters. The van der Waals surface area contributed by atoms with Crippen molar-refractivity contribution in [2.75, 3.05) is 7.05 Å². The largest absolute Gasteiger partial charge is 0.317 e. The van der Waals surface area contributed by atoms with Crippen LogP contribution >= 0.6 is 0 Å². The molecule has 0 bridgehead atoms. The zero-order chi connectivity index (χ0) is 14.6. The smallest absolute Gasteiger partial charge is 0.216 e. The minimum Gasteiger partial charge on any atom is -0.317 e. The van der Waals surface area contributed by atoms with E-state index in [1.807, 2.05) is 7.05 Å². The van der Waals surface area contributed by atoms with Crippen LogP contribution in [-0.2, 0) is 15.8 Å². The Bertz CT molecular complexity index is 523. The Morgan fingerprint density at radius 1 is 1.10 bits per heavy atom. The van der Waals surface area contributed by atoms with Crippen LogP contribution in [0.3, 0.4) is 0 Å². The Kier molecular flexibility index (Phi) is 5.12. The fraction of sp³-hybridized carbons (Fsp3) is 0.571. The van der Waals surface area contributed by atoms with Gasteiger partial charge in [-0.15, -0.1) is 0 Å². The molecule has 1 aliphatic carbocycles. The zero-order valence-electron chi connectivity index (χ0n) is 11.6. The van der Waals surface area contributed by atoms with E-state index >= 15 is 0 Å². The summed E-state index contributed by atoms with van der Waals surface area (Å²) in [4.78, 5) is 0. The fourth-order valence-electron chi connectivity index (χ4n) is 2.60. The first-order chi connectivity index (χ1) is 9.48. The zero-order valence-corrected chi connectivity index (χ0v) is 12.4. The Balaban J connectivity index is 1.89. The molecule has 2 rings (SSSR count). The van der Waals surface area contributed by atoms with E-state index in [0.29, 0.717) is 11.6 Å². The summed E-state index contributed by atoms with van der Waals surface area (Å²) in [5.74, 6) is -0.455. The molecule has 4 nitrogen and oxygen atoms in total. The maximum atomic E-state index is 12.8. The molecule has 0 amide bonds. The normalized spacial score (nSPS) is 23.7. The molecule has 0 spiro atoms. The van der Waals surface area contributed by atoms with Gasteiger partial charge in [-0.2, -0.15) is 0 Å². The first-order valence-corrected chi connectivity index (χ1v) is 8.55. The van der Waals surface area contributed by atoms with Crippen molar-refractivity contribution in [1.29, 1.82) is 0 Å². The molecule has 0 atom stereocenters. The molecule has 0 radical (unpaired) electrons. The van der Waals surface area contributed by atoms with Gasteiger partial charge in [-0.05, 0) is 50.4 Å². The lowest BCUT2D eigenvalue weighted by atomic mass is 9.92. The molecule has 20 heavy (non-hydrogen) atoms. The lowest BCUT2D eigenvalue weighted by Gasteiger charge is -2.28. The van der Waals surface area contributed by atoms with Gasteiger partial charge >= 0.3 is 0 Å². The van der Waals surface area contributed by atoms with Crippen molar-refractivity contribution < 1.29 is 12.8 Å². The Morgan fingerprint density at radius 3 is 2.20 bits per heavy atom. The molecule has 2 N–H and O–H groups in total. The highest BCUT2D eigenvalue weighted by Gasteiger charge is 2.24. The van der Waals surface area contributed by atoms with Crippen LogP contribution in [0.15, 0.2) is 24.3 Å². The second kappa shape index (κ2) is 6.65. The highest BCUT2D eigenvalue weighted by Crippen LogP contribution is 2.19. The summed E-state index contributed by atoms with van der Waals surface area (Å²) in [5.41, 5.74) is 0.600. The number of sulfonamides is 1. The molecule has 0 aliphatic heterocycles. The van der Waals surface area contributed by atoms with Crippen molar-refractivity contribution in [1.82, 2.24) is 10.0 Å². The molecule has 1 fully saturated rings. The number of hydrogen-bond donors (Lipinski definition) is 2. The Morgan fingerprint density at radius 2 is 1.65 bits per heavy atom. The topological polar surface area (TPSA) is 58.2 Å². The van der Waals surface area contributed by atoms with E-state index in [-0.39, 0.29) is 17.6 Å². The Labute approximate surface area is 119 Å². The van der Waals surface area contributed by atoms with Gasteiger partial charge in [0.25, 0.3) is 0 Å². The third-order valence-electron chi connectivity index (χ3n) is 3.75. The summed E-state index contributed by atoms with van der Waals surface area (Å²) in [6.45, 7) is 0. The average Bonchev–Trinajstić information content (AvgIpc) is 2.41. The van der Waals surface area contributed by atoms with Gasteiger partial charge in [0.05, 0.1) is 5.75 Å². The fourth-order valence-corrected chi connectivity index (χ4v) is 4.05. The van der Waals surface area contributed by atoms with E-state index in [1.54, 1.807) is 0 Å². The third kappa shape index (κ3) is 4.54. The minimum absolute atomic E-state index is 0.0186. The van der Waals surface area contributed by atoms with Crippen molar-refractivity contribution >= 4 is 10.0 Å². The van der Waals surface area contributed by atoms with Gasteiger partial charge < -0.3 is 5.32 Å². The number of hydrogen-bond acceptors (Lipinski definition) is 3. The average molecular weight is 300 g/mol. The van der Waals surface area contributed by atoms with Crippen LogP contribution in [0.2, 0.25) is 0 Å². The predicted octanol–water partition coefficient (Wildman–Crippen LogP) is 1.78. The van der Waals surface area contributed by atoms with Crippen LogP contribution in [0, 0.1) is 5.82 Å².